The van der Waals surface area contributed by atoms with Gasteiger partial charge in [0.05, 0.1) is 20.7 Å². The highest BCUT2D eigenvalue weighted by atomic mass is 35.5. The summed E-state index contributed by atoms with van der Waals surface area (Å²) in [4.78, 5) is 14.4. The SMILES string of the molecule is O=C(c1ccc(Cl)cc1Cl)N1CCC(S(=O)(=O)c2ccccc2)C1. The van der Waals surface area contributed by atoms with Gasteiger partial charge < -0.3 is 4.90 Å². The van der Waals surface area contributed by atoms with Gasteiger partial charge in [-0.25, -0.2) is 8.42 Å². The summed E-state index contributed by atoms with van der Waals surface area (Å²) in [6.07, 6.45) is 0.411. The number of sulfone groups is 1. The standard InChI is InChI=1S/C17H15Cl2NO3S/c18-12-6-7-15(16(19)10-12)17(21)20-9-8-14(11-20)24(22,23)13-4-2-1-3-5-13/h1-7,10,14H,8-9,11H2. The Morgan fingerprint density at radius 3 is 2.46 bits per heavy atom. The molecule has 1 aliphatic heterocycles. The van der Waals surface area contributed by atoms with E-state index in [0.29, 0.717) is 23.6 Å². The molecular formula is C17H15Cl2NO3S. The first-order valence-corrected chi connectivity index (χ1v) is 9.73. The van der Waals surface area contributed by atoms with E-state index in [4.69, 9.17) is 23.2 Å². The molecule has 2 aromatic rings. The largest absolute Gasteiger partial charge is 0.337 e. The number of amides is 1. The molecule has 1 amide bonds. The summed E-state index contributed by atoms with van der Waals surface area (Å²) in [5.74, 6) is -0.276. The highest BCUT2D eigenvalue weighted by Gasteiger charge is 2.36. The second kappa shape index (κ2) is 6.75. The van der Waals surface area contributed by atoms with Gasteiger partial charge >= 0.3 is 0 Å². The highest BCUT2D eigenvalue weighted by Crippen LogP contribution is 2.27. The van der Waals surface area contributed by atoms with Crippen LogP contribution in [0.15, 0.2) is 53.4 Å². The van der Waals surface area contributed by atoms with E-state index < -0.39 is 15.1 Å². The van der Waals surface area contributed by atoms with Gasteiger partial charge in [0, 0.05) is 18.1 Å². The average molecular weight is 384 g/mol. The molecule has 1 unspecified atom stereocenters. The van der Waals surface area contributed by atoms with Gasteiger partial charge in [0.2, 0.25) is 0 Å². The van der Waals surface area contributed by atoms with Crippen LogP contribution in [0.1, 0.15) is 16.8 Å². The molecule has 0 bridgehead atoms. The molecule has 0 saturated carbocycles. The van der Waals surface area contributed by atoms with Gasteiger partial charge in [-0.05, 0) is 36.8 Å². The van der Waals surface area contributed by atoms with E-state index in [0.717, 1.165) is 0 Å². The molecule has 7 heteroatoms. The van der Waals surface area contributed by atoms with Crippen molar-refractivity contribution in [1.29, 1.82) is 0 Å². The van der Waals surface area contributed by atoms with E-state index in [1.54, 1.807) is 42.5 Å². The van der Waals surface area contributed by atoms with Crippen LogP contribution in [-0.2, 0) is 9.84 Å². The normalized spacial score (nSPS) is 17.9. The lowest BCUT2D eigenvalue weighted by atomic mass is 10.2. The summed E-state index contributed by atoms with van der Waals surface area (Å²) >= 11 is 11.9. The molecule has 4 nitrogen and oxygen atoms in total. The number of halogens is 2. The number of hydrogen-bond donors (Lipinski definition) is 0. The third kappa shape index (κ3) is 3.29. The van der Waals surface area contributed by atoms with Crippen LogP contribution in [0, 0.1) is 0 Å². The van der Waals surface area contributed by atoms with Crippen molar-refractivity contribution in [2.75, 3.05) is 13.1 Å². The molecule has 0 aromatic heterocycles. The number of hydrogen-bond acceptors (Lipinski definition) is 3. The van der Waals surface area contributed by atoms with Crippen molar-refractivity contribution < 1.29 is 13.2 Å². The fourth-order valence-electron chi connectivity index (χ4n) is 2.80. The minimum Gasteiger partial charge on any atom is -0.337 e. The van der Waals surface area contributed by atoms with Crippen LogP contribution in [0.2, 0.25) is 10.0 Å². The maximum atomic E-state index is 12.7. The summed E-state index contributed by atoms with van der Waals surface area (Å²) in [5, 5.41) is 0.110. The maximum absolute atomic E-state index is 12.7. The lowest BCUT2D eigenvalue weighted by molar-refractivity contribution is 0.0793. The number of carbonyl (C=O) groups excluding carboxylic acids is 1. The van der Waals surface area contributed by atoms with E-state index >= 15 is 0 Å². The summed E-state index contributed by atoms with van der Waals surface area (Å²) in [5.41, 5.74) is 0.332. The quantitative estimate of drug-likeness (QED) is 0.811. The van der Waals surface area contributed by atoms with E-state index in [1.807, 2.05) is 0 Å². The van der Waals surface area contributed by atoms with Crippen molar-refractivity contribution in [2.45, 2.75) is 16.6 Å². The number of carbonyl (C=O) groups is 1. The predicted octanol–water partition coefficient (Wildman–Crippen LogP) is 3.68. The Kier molecular flexibility index (Phi) is 4.85. The van der Waals surface area contributed by atoms with Crippen LogP contribution in [-0.4, -0.2) is 37.6 Å². The van der Waals surface area contributed by atoms with E-state index in [9.17, 15) is 13.2 Å². The summed E-state index contributed by atoms with van der Waals surface area (Å²) in [6.45, 7) is 0.545. The molecule has 0 radical (unpaired) electrons. The molecule has 24 heavy (non-hydrogen) atoms. The van der Waals surface area contributed by atoms with Crippen LogP contribution >= 0.6 is 23.2 Å². The highest BCUT2D eigenvalue weighted by molar-refractivity contribution is 7.92. The van der Waals surface area contributed by atoms with E-state index in [-0.39, 0.29) is 22.4 Å². The number of benzene rings is 2. The number of nitrogens with zero attached hydrogens (tertiary/aromatic N) is 1. The zero-order chi connectivity index (χ0) is 17.3. The molecule has 0 N–H and O–H groups in total. The summed E-state index contributed by atoms with van der Waals surface area (Å²) in [6, 6.07) is 13.0. The van der Waals surface area contributed by atoms with Crippen molar-refractivity contribution >= 4 is 38.9 Å². The first-order chi connectivity index (χ1) is 11.4. The molecule has 1 atom stereocenters. The Hall–Kier alpha value is -1.56. The fraction of sp³-hybridized carbons (Fsp3) is 0.235. The zero-order valence-electron chi connectivity index (χ0n) is 12.7. The van der Waals surface area contributed by atoms with Crippen molar-refractivity contribution in [2.24, 2.45) is 0 Å². The van der Waals surface area contributed by atoms with Gasteiger partial charge in [-0.2, -0.15) is 0 Å². The lowest BCUT2D eigenvalue weighted by Gasteiger charge is -2.17. The molecule has 0 spiro atoms. The molecule has 2 aromatic carbocycles. The Morgan fingerprint density at radius 2 is 1.79 bits per heavy atom. The van der Waals surface area contributed by atoms with Crippen LogP contribution in [0.3, 0.4) is 0 Å². The van der Waals surface area contributed by atoms with Crippen LogP contribution in [0.25, 0.3) is 0 Å². The van der Waals surface area contributed by atoms with Crippen molar-refractivity contribution in [3.8, 4) is 0 Å². The molecular weight excluding hydrogens is 369 g/mol. The van der Waals surface area contributed by atoms with Crippen LogP contribution in [0.4, 0.5) is 0 Å². The Bertz CT molecular complexity index is 869. The number of rotatable bonds is 3. The Labute approximate surface area is 150 Å². The molecule has 1 saturated heterocycles. The number of likely N-dealkylation sites (tertiary alicyclic amines) is 1. The van der Waals surface area contributed by atoms with Crippen molar-refractivity contribution in [3.05, 3.63) is 64.1 Å². The molecule has 0 aliphatic carbocycles. The van der Waals surface area contributed by atoms with Gasteiger partial charge in [0.1, 0.15) is 0 Å². The zero-order valence-corrected chi connectivity index (χ0v) is 15.0. The topological polar surface area (TPSA) is 54.5 Å². The Morgan fingerprint density at radius 1 is 1.08 bits per heavy atom. The monoisotopic (exact) mass is 383 g/mol. The molecule has 1 heterocycles. The summed E-state index contributed by atoms with van der Waals surface area (Å²) in [7, 11) is -3.45. The second-order valence-corrected chi connectivity index (χ2v) is 8.72. The lowest BCUT2D eigenvalue weighted by Crippen LogP contribution is -2.32. The second-order valence-electron chi connectivity index (χ2n) is 5.64. The van der Waals surface area contributed by atoms with Crippen molar-refractivity contribution in [3.63, 3.8) is 0 Å². The van der Waals surface area contributed by atoms with Gasteiger partial charge in [-0.15, -0.1) is 0 Å². The average Bonchev–Trinajstić information content (AvgIpc) is 3.06. The maximum Gasteiger partial charge on any atom is 0.255 e. The van der Waals surface area contributed by atoms with E-state index in [1.165, 1.54) is 11.0 Å². The first-order valence-electron chi connectivity index (χ1n) is 7.43. The molecule has 3 rings (SSSR count). The minimum absolute atomic E-state index is 0.162. The third-order valence-corrected chi connectivity index (χ3v) is 6.84. The summed E-state index contributed by atoms with van der Waals surface area (Å²) < 4.78 is 25.3. The fourth-order valence-corrected chi connectivity index (χ4v) is 5.00. The van der Waals surface area contributed by atoms with Gasteiger partial charge in [0.15, 0.2) is 9.84 Å². The third-order valence-electron chi connectivity index (χ3n) is 4.10. The van der Waals surface area contributed by atoms with Crippen LogP contribution < -0.4 is 0 Å². The molecule has 1 aliphatic rings. The van der Waals surface area contributed by atoms with Crippen LogP contribution in [0.5, 0.6) is 0 Å². The van der Waals surface area contributed by atoms with Gasteiger partial charge in [-0.1, -0.05) is 41.4 Å². The van der Waals surface area contributed by atoms with Gasteiger partial charge in [0.25, 0.3) is 5.91 Å². The van der Waals surface area contributed by atoms with Crippen molar-refractivity contribution in [1.82, 2.24) is 4.90 Å². The molecule has 1 fully saturated rings. The first kappa shape index (κ1) is 17.3. The van der Waals surface area contributed by atoms with E-state index in [2.05, 4.69) is 0 Å². The molecule has 126 valence electrons. The predicted molar refractivity (Wildman–Crippen MR) is 94.4 cm³/mol. The smallest absolute Gasteiger partial charge is 0.255 e. The Balaban J connectivity index is 1.79. The minimum atomic E-state index is -3.45. The van der Waals surface area contributed by atoms with Gasteiger partial charge in [-0.3, -0.25) is 4.79 Å².